The standard InChI is InChI=1S/C16H16FN3O5/c1-19-12(8-13(21)20(2)16(19)25)15(24)18-11(7-14(22)23)9-3-5-10(17)6-4-9/h3-6,8,11H,7H2,1-2H3,(H,18,24)(H,22,23)/t11-/m1/s1. The zero-order chi connectivity index (χ0) is 18.7. The number of hydrogen-bond donors (Lipinski definition) is 2. The molecule has 25 heavy (non-hydrogen) atoms. The number of amides is 1. The van der Waals surface area contributed by atoms with Crippen LogP contribution in [0.4, 0.5) is 4.39 Å². The van der Waals surface area contributed by atoms with Crippen LogP contribution in [0.1, 0.15) is 28.5 Å². The number of aliphatic carboxylic acids is 1. The summed E-state index contributed by atoms with van der Waals surface area (Å²) in [6.07, 6.45) is -0.448. The lowest BCUT2D eigenvalue weighted by molar-refractivity contribution is -0.137. The van der Waals surface area contributed by atoms with Crippen molar-refractivity contribution in [2.24, 2.45) is 14.1 Å². The van der Waals surface area contributed by atoms with Crippen molar-refractivity contribution in [2.75, 3.05) is 0 Å². The van der Waals surface area contributed by atoms with E-state index in [4.69, 9.17) is 5.11 Å². The molecule has 1 amide bonds. The van der Waals surface area contributed by atoms with E-state index in [0.29, 0.717) is 5.56 Å². The Kier molecular flexibility index (Phi) is 5.16. The van der Waals surface area contributed by atoms with Gasteiger partial charge < -0.3 is 10.4 Å². The van der Waals surface area contributed by atoms with Crippen molar-refractivity contribution in [3.05, 3.63) is 68.2 Å². The summed E-state index contributed by atoms with van der Waals surface area (Å²) in [5, 5.41) is 11.5. The largest absolute Gasteiger partial charge is 0.481 e. The fourth-order valence-electron chi connectivity index (χ4n) is 2.30. The molecular formula is C16H16FN3O5. The quantitative estimate of drug-likeness (QED) is 0.799. The number of aromatic nitrogens is 2. The number of nitrogens with one attached hydrogen (secondary N) is 1. The van der Waals surface area contributed by atoms with Crippen LogP contribution in [-0.2, 0) is 18.9 Å². The molecule has 1 aromatic carbocycles. The van der Waals surface area contributed by atoms with Gasteiger partial charge in [0.2, 0.25) is 0 Å². The predicted molar refractivity (Wildman–Crippen MR) is 85.8 cm³/mol. The van der Waals surface area contributed by atoms with Crippen LogP contribution in [0.2, 0.25) is 0 Å². The van der Waals surface area contributed by atoms with Crippen LogP contribution in [-0.4, -0.2) is 26.1 Å². The number of benzene rings is 1. The lowest BCUT2D eigenvalue weighted by Gasteiger charge is -2.18. The van der Waals surface area contributed by atoms with E-state index in [1.165, 1.54) is 26.2 Å². The second-order valence-corrected chi connectivity index (χ2v) is 5.44. The summed E-state index contributed by atoms with van der Waals surface area (Å²) in [5.41, 5.74) is -1.17. The molecule has 8 nitrogen and oxygen atoms in total. The topological polar surface area (TPSA) is 110 Å². The molecule has 1 heterocycles. The fourth-order valence-corrected chi connectivity index (χ4v) is 2.30. The summed E-state index contributed by atoms with van der Waals surface area (Å²) in [6.45, 7) is 0. The van der Waals surface area contributed by atoms with Crippen LogP contribution >= 0.6 is 0 Å². The van der Waals surface area contributed by atoms with Crippen LogP contribution in [0.25, 0.3) is 0 Å². The maximum atomic E-state index is 13.0. The summed E-state index contributed by atoms with van der Waals surface area (Å²) in [5.74, 6) is -2.46. The molecule has 1 atom stereocenters. The highest BCUT2D eigenvalue weighted by Gasteiger charge is 2.21. The molecule has 0 aliphatic carbocycles. The van der Waals surface area contributed by atoms with E-state index in [9.17, 15) is 23.6 Å². The van der Waals surface area contributed by atoms with Gasteiger partial charge in [0.05, 0.1) is 12.5 Å². The van der Waals surface area contributed by atoms with Gasteiger partial charge in [-0.1, -0.05) is 12.1 Å². The van der Waals surface area contributed by atoms with Gasteiger partial charge in [0, 0.05) is 20.2 Å². The van der Waals surface area contributed by atoms with Crippen LogP contribution in [0.5, 0.6) is 0 Å². The number of halogens is 1. The first-order chi connectivity index (χ1) is 11.7. The second kappa shape index (κ2) is 7.12. The number of carbonyl (C=O) groups is 2. The average Bonchev–Trinajstić information content (AvgIpc) is 2.55. The Morgan fingerprint density at radius 1 is 1.16 bits per heavy atom. The number of carbonyl (C=O) groups excluding carboxylic acids is 1. The molecule has 1 aromatic heterocycles. The average molecular weight is 349 g/mol. The van der Waals surface area contributed by atoms with Crippen molar-refractivity contribution in [1.82, 2.24) is 14.5 Å². The molecule has 0 fully saturated rings. The molecule has 0 radical (unpaired) electrons. The number of rotatable bonds is 5. The Bertz CT molecular complexity index is 930. The Balaban J connectivity index is 2.38. The van der Waals surface area contributed by atoms with E-state index in [1.807, 2.05) is 0 Å². The van der Waals surface area contributed by atoms with E-state index >= 15 is 0 Å². The van der Waals surface area contributed by atoms with Crippen molar-refractivity contribution in [2.45, 2.75) is 12.5 Å². The van der Waals surface area contributed by atoms with Gasteiger partial charge in [-0.3, -0.25) is 23.5 Å². The molecule has 2 aromatic rings. The van der Waals surface area contributed by atoms with Gasteiger partial charge in [0.1, 0.15) is 11.5 Å². The van der Waals surface area contributed by atoms with Crippen LogP contribution in [0, 0.1) is 5.82 Å². The summed E-state index contributed by atoms with van der Waals surface area (Å²) in [7, 11) is 2.60. The molecule has 0 aliphatic heterocycles. The van der Waals surface area contributed by atoms with E-state index < -0.39 is 41.4 Å². The zero-order valence-electron chi connectivity index (χ0n) is 13.5. The van der Waals surface area contributed by atoms with Crippen molar-refractivity contribution >= 4 is 11.9 Å². The van der Waals surface area contributed by atoms with Gasteiger partial charge in [-0.15, -0.1) is 0 Å². The fraction of sp³-hybridized carbons (Fsp3) is 0.250. The first-order valence-corrected chi connectivity index (χ1v) is 7.26. The van der Waals surface area contributed by atoms with Crippen LogP contribution in [0.3, 0.4) is 0 Å². The minimum atomic E-state index is -1.17. The highest BCUT2D eigenvalue weighted by atomic mass is 19.1. The smallest absolute Gasteiger partial charge is 0.331 e. The Hall–Kier alpha value is -3.23. The van der Waals surface area contributed by atoms with Gasteiger partial charge >= 0.3 is 11.7 Å². The van der Waals surface area contributed by atoms with Gasteiger partial charge in [-0.05, 0) is 17.7 Å². The lowest BCUT2D eigenvalue weighted by Crippen LogP contribution is -2.42. The van der Waals surface area contributed by atoms with Gasteiger partial charge in [-0.25, -0.2) is 9.18 Å². The number of hydrogen-bond acceptors (Lipinski definition) is 4. The highest BCUT2D eigenvalue weighted by Crippen LogP contribution is 2.18. The van der Waals surface area contributed by atoms with Crippen molar-refractivity contribution < 1.29 is 19.1 Å². The third-order valence-corrected chi connectivity index (χ3v) is 3.72. The Morgan fingerprint density at radius 3 is 2.32 bits per heavy atom. The van der Waals surface area contributed by atoms with Crippen molar-refractivity contribution in [1.29, 1.82) is 0 Å². The van der Waals surface area contributed by atoms with Crippen molar-refractivity contribution in [3.8, 4) is 0 Å². The minimum absolute atomic E-state index is 0.203. The highest BCUT2D eigenvalue weighted by molar-refractivity contribution is 5.93. The second-order valence-electron chi connectivity index (χ2n) is 5.44. The summed E-state index contributed by atoms with van der Waals surface area (Å²) in [6, 6.07) is 5.02. The third-order valence-electron chi connectivity index (χ3n) is 3.72. The summed E-state index contributed by atoms with van der Waals surface area (Å²) < 4.78 is 14.9. The molecule has 0 spiro atoms. The first kappa shape index (κ1) is 18.1. The normalized spacial score (nSPS) is 11.8. The zero-order valence-corrected chi connectivity index (χ0v) is 13.5. The van der Waals surface area contributed by atoms with Gasteiger partial charge in [0.15, 0.2) is 0 Å². The SMILES string of the molecule is Cn1c(C(=O)N[C@H](CC(=O)O)c2ccc(F)cc2)cc(=O)n(C)c1=O. The maximum absolute atomic E-state index is 13.0. The number of nitrogens with zero attached hydrogens (tertiary/aromatic N) is 2. The molecular weight excluding hydrogens is 333 g/mol. The lowest BCUT2D eigenvalue weighted by atomic mass is 10.0. The summed E-state index contributed by atoms with van der Waals surface area (Å²) >= 11 is 0. The number of carboxylic acid groups (broad SMARTS) is 1. The molecule has 0 bridgehead atoms. The first-order valence-electron chi connectivity index (χ1n) is 7.26. The predicted octanol–water partition coefficient (Wildman–Crippen LogP) is 0.169. The molecule has 2 N–H and O–H groups in total. The maximum Gasteiger partial charge on any atom is 0.331 e. The molecule has 0 saturated heterocycles. The summed E-state index contributed by atoms with van der Waals surface area (Å²) in [4.78, 5) is 47.1. The molecule has 0 saturated carbocycles. The van der Waals surface area contributed by atoms with E-state index in [0.717, 1.165) is 27.3 Å². The van der Waals surface area contributed by atoms with E-state index in [2.05, 4.69) is 5.32 Å². The minimum Gasteiger partial charge on any atom is -0.481 e. The van der Waals surface area contributed by atoms with Crippen LogP contribution in [0.15, 0.2) is 39.9 Å². The third kappa shape index (κ3) is 4.00. The molecule has 132 valence electrons. The molecule has 0 aliphatic rings. The number of carboxylic acids is 1. The monoisotopic (exact) mass is 349 g/mol. The molecule has 0 unspecified atom stereocenters. The Morgan fingerprint density at radius 2 is 1.76 bits per heavy atom. The van der Waals surface area contributed by atoms with Crippen molar-refractivity contribution in [3.63, 3.8) is 0 Å². The Labute approximate surface area is 141 Å². The van der Waals surface area contributed by atoms with Gasteiger partial charge in [0.25, 0.3) is 11.5 Å². The van der Waals surface area contributed by atoms with Gasteiger partial charge in [-0.2, -0.15) is 0 Å². The molecule has 9 heteroatoms. The van der Waals surface area contributed by atoms with Crippen LogP contribution < -0.4 is 16.6 Å². The molecule has 2 rings (SSSR count). The van der Waals surface area contributed by atoms with E-state index in [1.54, 1.807) is 0 Å². The van der Waals surface area contributed by atoms with E-state index in [-0.39, 0.29) is 5.69 Å².